The van der Waals surface area contributed by atoms with Crippen LogP contribution in [0.25, 0.3) is 10.9 Å². The molecule has 0 fully saturated rings. The van der Waals surface area contributed by atoms with E-state index in [9.17, 15) is 4.79 Å². The average Bonchev–Trinajstić information content (AvgIpc) is 2.79. The monoisotopic (exact) mass is 231 g/mol. The van der Waals surface area contributed by atoms with E-state index in [0.717, 1.165) is 28.6 Å². The Hall–Kier alpha value is -1.77. The maximum absolute atomic E-state index is 12.2. The lowest BCUT2D eigenvalue weighted by Gasteiger charge is -2.06. The van der Waals surface area contributed by atoms with Crippen molar-refractivity contribution in [2.45, 2.75) is 20.3 Å². The molecule has 0 saturated heterocycles. The highest BCUT2D eigenvalue weighted by atomic mass is 16.5. The Labute approximate surface area is 101 Å². The first kappa shape index (κ1) is 11.7. The molecule has 0 aliphatic rings. The summed E-state index contributed by atoms with van der Waals surface area (Å²) < 4.78 is 5.19. The Kier molecular flexibility index (Phi) is 3.18. The van der Waals surface area contributed by atoms with Crippen molar-refractivity contribution in [2.24, 2.45) is 5.92 Å². The molecule has 1 N–H and O–H groups in total. The van der Waals surface area contributed by atoms with E-state index in [1.165, 1.54) is 0 Å². The molecule has 0 aliphatic carbocycles. The molecular weight excluding hydrogens is 214 g/mol. The van der Waals surface area contributed by atoms with Gasteiger partial charge in [-0.1, -0.05) is 13.8 Å². The third-order valence-corrected chi connectivity index (χ3v) is 3.21. The highest BCUT2D eigenvalue weighted by Gasteiger charge is 2.17. The zero-order chi connectivity index (χ0) is 12.4. The predicted octanol–water partition coefficient (Wildman–Crippen LogP) is 3.41. The van der Waals surface area contributed by atoms with E-state index in [0.29, 0.717) is 0 Å². The van der Waals surface area contributed by atoms with E-state index < -0.39 is 0 Å². The van der Waals surface area contributed by atoms with Crippen LogP contribution in [0.15, 0.2) is 24.4 Å². The van der Waals surface area contributed by atoms with Gasteiger partial charge < -0.3 is 9.72 Å². The van der Waals surface area contributed by atoms with Gasteiger partial charge in [0.15, 0.2) is 5.78 Å². The van der Waals surface area contributed by atoms with Crippen LogP contribution >= 0.6 is 0 Å². The van der Waals surface area contributed by atoms with Crippen molar-refractivity contribution in [3.8, 4) is 5.75 Å². The molecule has 0 spiro atoms. The highest BCUT2D eigenvalue weighted by Crippen LogP contribution is 2.25. The standard InChI is InChI=1S/C14H17NO2/c1-4-9(2)14(16)12-8-15-13-6-5-10(17-3)7-11(12)13/h5-9,15H,4H2,1-3H3. The average molecular weight is 231 g/mol. The molecule has 90 valence electrons. The Balaban J connectivity index is 2.51. The molecule has 1 heterocycles. The number of carbonyl (C=O) groups is 1. The van der Waals surface area contributed by atoms with Crippen molar-refractivity contribution < 1.29 is 9.53 Å². The van der Waals surface area contributed by atoms with Gasteiger partial charge in [-0.25, -0.2) is 0 Å². The molecule has 1 aromatic heterocycles. The molecule has 3 nitrogen and oxygen atoms in total. The molecule has 1 aromatic carbocycles. The number of carbonyl (C=O) groups excluding carboxylic acids is 1. The summed E-state index contributed by atoms with van der Waals surface area (Å²) in [4.78, 5) is 15.3. The molecule has 0 bridgehead atoms. The van der Waals surface area contributed by atoms with Crippen molar-refractivity contribution in [1.82, 2.24) is 4.98 Å². The SMILES string of the molecule is CCC(C)C(=O)c1c[nH]c2ccc(OC)cc12. The fourth-order valence-corrected chi connectivity index (χ4v) is 1.88. The number of hydrogen-bond donors (Lipinski definition) is 1. The number of ketones is 1. The van der Waals surface area contributed by atoms with Crippen LogP contribution in [0.2, 0.25) is 0 Å². The number of benzene rings is 1. The predicted molar refractivity (Wildman–Crippen MR) is 68.6 cm³/mol. The quantitative estimate of drug-likeness (QED) is 0.819. The smallest absolute Gasteiger partial charge is 0.167 e. The van der Waals surface area contributed by atoms with E-state index >= 15 is 0 Å². The van der Waals surface area contributed by atoms with Crippen LogP contribution in [0, 0.1) is 5.92 Å². The van der Waals surface area contributed by atoms with E-state index in [1.807, 2.05) is 32.0 Å². The Morgan fingerprint density at radius 2 is 2.24 bits per heavy atom. The van der Waals surface area contributed by atoms with Crippen LogP contribution in [0.4, 0.5) is 0 Å². The molecule has 0 aliphatic heterocycles. The molecule has 2 aromatic rings. The van der Waals surface area contributed by atoms with E-state index in [2.05, 4.69) is 4.98 Å². The number of ether oxygens (including phenoxy) is 1. The number of nitrogens with one attached hydrogen (secondary N) is 1. The van der Waals surface area contributed by atoms with Gasteiger partial charge in [0, 0.05) is 28.6 Å². The van der Waals surface area contributed by atoms with Gasteiger partial charge in [0.2, 0.25) is 0 Å². The summed E-state index contributed by atoms with van der Waals surface area (Å²) in [5.41, 5.74) is 1.73. The van der Waals surface area contributed by atoms with Gasteiger partial charge in [0.1, 0.15) is 5.75 Å². The number of methoxy groups -OCH3 is 1. The van der Waals surface area contributed by atoms with Gasteiger partial charge in [0.25, 0.3) is 0 Å². The van der Waals surface area contributed by atoms with Crippen LogP contribution < -0.4 is 4.74 Å². The fraction of sp³-hybridized carbons (Fsp3) is 0.357. The van der Waals surface area contributed by atoms with E-state index in [4.69, 9.17) is 4.74 Å². The first-order chi connectivity index (χ1) is 8.17. The number of H-pyrrole nitrogens is 1. The number of aromatic nitrogens is 1. The highest BCUT2D eigenvalue weighted by molar-refractivity contribution is 6.09. The van der Waals surface area contributed by atoms with Crippen molar-refractivity contribution >= 4 is 16.7 Å². The number of hydrogen-bond acceptors (Lipinski definition) is 2. The summed E-state index contributed by atoms with van der Waals surface area (Å²) in [5.74, 6) is 1.02. The second-order valence-electron chi connectivity index (χ2n) is 4.29. The summed E-state index contributed by atoms with van der Waals surface area (Å²) in [7, 11) is 1.63. The van der Waals surface area contributed by atoms with E-state index in [1.54, 1.807) is 13.3 Å². The summed E-state index contributed by atoms with van der Waals surface area (Å²) >= 11 is 0. The van der Waals surface area contributed by atoms with Crippen LogP contribution in [0.1, 0.15) is 30.6 Å². The minimum absolute atomic E-state index is 0.0557. The molecule has 1 atom stereocenters. The van der Waals surface area contributed by atoms with Crippen molar-refractivity contribution in [3.63, 3.8) is 0 Å². The first-order valence-corrected chi connectivity index (χ1v) is 5.86. The van der Waals surface area contributed by atoms with Crippen molar-refractivity contribution in [2.75, 3.05) is 7.11 Å². The Morgan fingerprint density at radius 1 is 1.47 bits per heavy atom. The molecule has 3 heteroatoms. The number of rotatable bonds is 4. The lowest BCUT2D eigenvalue weighted by atomic mass is 9.97. The second kappa shape index (κ2) is 4.62. The first-order valence-electron chi connectivity index (χ1n) is 5.86. The van der Waals surface area contributed by atoms with Gasteiger partial charge in [-0.3, -0.25) is 4.79 Å². The molecule has 0 radical (unpaired) electrons. The largest absolute Gasteiger partial charge is 0.497 e. The molecular formula is C14H17NO2. The number of fused-ring (bicyclic) bond motifs is 1. The molecule has 1 unspecified atom stereocenters. The maximum Gasteiger partial charge on any atom is 0.167 e. The van der Waals surface area contributed by atoms with Gasteiger partial charge in [-0.05, 0) is 24.6 Å². The van der Waals surface area contributed by atoms with Crippen LogP contribution in [-0.4, -0.2) is 17.9 Å². The lowest BCUT2D eigenvalue weighted by molar-refractivity contribution is 0.0929. The number of aromatic amines is 1. The van der Waals surface area contributed by atoms with Gasteiger partial charge in [-0.15, -0.1) is 0 Å². The van der Waals surface area contributed by atoms with Crippen molar-refractivity contribution in [3.05, 3.63) is 30.0 Å². The van der Waals surface area contributed by atoms with Crippen LogP contribution in [-0.2, 0) is 0 Å². The Bertz CT molecular complexity index is 542. The third-order valence-electron chi connectivity index (χ3n) is 3.21. The minimum Gasteiger partial charge on any atom is -0.497 e. The summed E-state index contributed by atoms with van der Waals surface area (Å²) in [6.45, 7) is 3.99. The van der Waals surface area contributed by atoms with Crippen molar-refractivity contribution in [1.29, 1.82) is 0 Å². The van der Waals surface area contributed by atoms with Crippen LogP contribution in [0.5, 0.6) is 5.75 Å². The lowest BCUT2D eigenvalue weighted by Crippen LogP contribution is -2.09. The Morgan fingerprint density at radius 3 is 2.88 bits per heavy atom. The van der Waals surface area contributed by atoms with Gasteiger partial charge in [-0.2, -0.15) is 0 Å². The summed E-state index contributed by atoms with van der Waals surface area (Å²) in [6, 6.07) is 5.72. The normalized spacial score (nSPS) is 12.6. The number of Topliss-reactive ketones (excluding diaryl/α,β-unsaturated/α-hetero) is 1. The maximum atomic E-state index is 12.2. The van der Waals surface area contributed by atoms with E-state index in [-0.39, 0.29) is 11.7 Å². The zero-order valence-corrected chi connectivity index (χ0v) is 10.4. The molecule has 17 heavy (non-hydrogen) atoms. The summed E-state index contributed by atoms with van der Waals surface area (Å²) in [6.07, 6.45) is 2.65. The topological polar surface area (TPSA) is 42.1 Å². The third kappa shape index (κ3) is 2.05. The van der Waals surface area contributed by atoms with Gasteiger partial charge >= 0.3 is 0 Å². The zero-order valence-electron chi connectivity index (χ0n) is 10.4. The van der Waals surface area contributed by atoms with Gasteiger partial charge in [0.05, 0.1) is 7.11 Å². The minimum atomic E-state index is 0.0557. The fourth-order valence-electron chi connectivity index (χ4n) is 1.88. The molecule has 0 amide bonds. The second-order valence-corrected chi connectivity index (χ2v) is 4.29. The molecule has 0 saturated carbocycles. The van der Waals surface area contributed by atoms with Crippen LogP contribution in [0.3, 0.4) is 0 Å². The molecule has 2 rings (SSSR count). The summed E-state index contributed by atoms with van der Waals surface area (Å²) in [5, 5.41) is 0.939.